The van der Waals surface area contributed by atoms with Crippen LogP contribution in [-0.4, -0.2) is 11.8 Å². The molecule has 0 amide bonds. The number of carbonyl (C=O) groups is 2. The zero-order chi connectivity index (χ0) is 14.6. The maximum absolute atomic E-state index is 12.6. The van der Waals surface area contributed by atoms with Crippen LogP contribution in [0, 0.1) is 0 Å². The quantitative estimate of drug-likeness (QED) is 0.770. The van der Waals surface area contributed by atoms with Gasteiger partial charge in [-0.15, -0.1) is 0 Å². The molecule has 3 nitrogen and oxygen atoms in total. The summed E-state index contributed by atoms with van der Waals surface area (Å²) in [6, 6.07) is 4.37. The molecule has 0 aliphatic carbocycles. The van der Waals surface area contributed by atoms with Crippen LogP contribution in [0.25, 0.3) is 0 Å². The van der Waals surface area contributed by atoms with Gasteiger partial charge in [-0.05, 0) is 18.1 Å². The number of hydrogen-bond donors (Lipinski definition) is 0. The molecule has 19 heavy (non-hydrogen) atoms. The van der Waals surface area contributed by atoms with Gasteiger partial charge in [-0.1, -0.05) is 25.1 Å². The fraction of sp³-hybridized carbons (Fsp3) is 0.385. The van der Waals surface area contributed by atoms with Crippen LogP contribution >= 0.6 is 0 Å². The van der Waals surface area contributed by atoms with Gasteiger partial charge in [0, 0.05) is 18.3 Å². The van der Waals surface area contributed by atoms with Gasteiger partial charge in [0.25, 0.3) is 0 Å². The second-order valence-electron chi connectivity index (χ2n) is 4.10. The average molecular weight is 273 g/mol. The van der Waals surface area contributed by atoms with Crippen LogP contribution in [0.2, 0.25) is 0 Å². The van der Waals surface area contributed by atoms with Crippen LogP contribution in [-0.2, 0) is 15.8 Å². The maximum Gasteiger partial charge on any atom is 0.416 e. The van der Waals surface area contributed by atoms with E-state index in [0.717, 1.165) is 12.1 Å². The number of ketones is 1. The zero-order valence-corrected chi connectivity index (χ0v) is 10.2. The summed E-state index contributed by atoms with van der Waals surface area (Å²) >= 11 is 0. The van der Waals surface area contributed by atoms with Crippen molar-refractivity contribution in [2.45, 2.75) is 31.9 Å². The molecule has 0 saturated heterocycles. The number of carbonyl (C=O) groups excluding carboxylic acids is 2. The van der Waals surface area contributed by atoms with E-state index < -0.39 is 35.8 Å². The third-order valence-corrected chi connectivity index (χ3v) is 2.73. The van der Waals surface area contributed by atoms with Crippen molar-refractivity contribution in [3.8, 4) is 0 Å². The number of carboxylic acid groups (broad SMARTS) is 1. The SMILES string of the molecule is CCC(C(=O)CC(=O)[O-])c1cccc(C(F)(F)F)c1. The minimum absolute atomic E-state index is 0.170. The first-order valence-electron chi connectivity index (χ1n) is 5.65. The molecule has 0 aliphatic heterocycles. The predicted molar refractivity (Wildman–Crippen MR) is 59.1 cm³/mol. The number of aliphatic carboxylic acids is 1. The highest BCUT2D eigenvalue weighted by molar-refractivity contribution is 5.97. The van der Waals surface area contributed by atoms with Gasteiger partial charge in [0.2, 0.25) is 0 Å². The molecule has 0 heterocycles. The van der Waals surface area contributed by atoms with E-state index in [9.17, 15) is 27.9 Å². The van der Waals surface area contributed by atoms with E-state index in [2.05, 4.69) is 0 Å². The summed E-state index contributed by atoms with van der Waals surface area (Å²) < 4.78 is 37.7. The first-order valence-corrected chi connectivity index (χ1v) is 5.65. The van der Waals surface area contributed by atoms with Crippen molar-refractivity contribution < 1.29 is 27.9 Å². The Morgan fingerprint density at radius 2 is 1.95 bits per heavy atom. The van der Waals surface area contributed by atoms with Gasteiger partial charge in [-0.3, -0.25) is 4.79 Å². The molecule has 1 aromatic rings. The lowest BCUT2D eigenvalue weighted by Gasteiger charge is -2.16. The highest BCUT2D eigenvalue weighted by Crippen LogP contribution is 2.32. The van der Waals surface area contributed by atoms with Gasteiger partial charge in [-0.25, -0.2) is 0 Å². The van der Waals surface area contributed by atoms with Gasteiger partial charge in [0.1, 0.15) is 5.78 Å². The number of Topliss-reactive ketones (excluding diaryl/α,β-unsaturated/α-hetero) is 1. The molecule has 0 aliphatic rings. The Balaban J connectivity index is 3.06. The highest BCUT2D eigenvalue weighted by Gasteiger charge is 2.31. The van der Waals surface area contributed by atoms with Gasteiger partial charge in [0.15, 0.2) is 0 Å². The van der Waals surface area contributed by atoms with Gasteiger partial charge < -0.3 is 9.90 Å². The second kappa shape index (κ2) is 5.86. The number of halogens is 3. The summed E-state index contributed by atoms with van der Waals surface area (Å²) in [5.74, 6) is -3.04. The minimum Gasteiger partial charge on any atom is -0.550 e. The monoisotopic (exact) mass is 273 g/mol. The molecular formula is C13H12F3O3-. The van der Waals surface area contributed by atoms with E-state index in [1.807, 2.05) is 0 Å². The molecule has 0 bridgehead atoms. The van der Waals surface area contributed by atoms with E-state index in [0.29, 0.717) is 0 Å². The Hall–Kier alpha value is -1.85. The number of carboxylic acids is 1. The van der Waals surface area contributed by atoms with Crippen LogP contribution in [0.5, 0.6) is 0 Å². The second-order valence-corrected chi connectivity index (χ2v) is 4.10. The molecule has 0 aromatic heterocycles. The topological polar surface area (TPSA) is 57.2 Å². The van der Waals surface area contributed by atoms with Crippen molar-refractivity contribution in [3.63, 3.8) is 0 Å². The molecule has 1 aromatic carbocycles. The first-order chi connectivity index (χ1) is 8.75. The number of hydrogen-bond acceptors (Lipinski definition) is 3. The van der Waals surface area contributed by atoms with Crippen LogP contribution in [0.15, 0.2) is 24.3 Å². The predicted octanol–water partition coefficient (Wildman–Crippen LogP) is 1.91. The molecule has 0 spiro atoms. The molecule has 1 unspecified atom stereocenters. The summed E-state index contributed by atoms with van der Waals surface area (Å²) in [4.78, 5) is 22.0. The highest BCUT2D eigenvalue weighted by atomic mass is 19.4. The molecule has 6 heteroatoms. The smallest absolute Gasteiger partial charge is 0.416 e. The molecule has 0 N–H and O–H groups in total. The lowest BCUT2D eigenvalue weighted by molar-refractivity contribution is -0.304. The van der Waals surface area contributed by atoms with Gasteiger partial charge in [0.05, 0.1) is 5.56 Å². The van der Waals surface area contributed by atoms with E-state index in [1.165, 1.54) is 12.1 Å². The standard InChI is InChI=1S/C13H13F3O3/c1-2-10(11(17)7-12(18)19)8-4-3-5-9(6-8)13(14,15)16/h3-6,10H,2,7H2,1H3,(H,18,19)/p-1. The lowest BCUT2D eigenvalue weighted by Crippen LogP contribution is -2.27. The summed E-state index contributed by atoms with van der Waals surface area (Å²) in [5.41, 5.74) is -0.687. The van der Waals surface area contributed by atoms with Crippen LogP contribution in [0.1, 0.15) is 36.8 Å². The third kappa shape index (κ3) is 4.08. The third-order valence-electron chi connectivity index (χ3n) is 2.73. The molecule has 1 atom stereocenters. The molecule has 0 radical (unpaired) electrons. The Bertz CT molecular complexity index is 480. The van der Waals surface area contributed by atoms with Crippen LogP contribution in [0.3, 0.4) is 0 Å². The number of rotatable bonds is 5. The fourth-order valence-electron chi connectivity index (χ4n) is 1.85. The lowest BCUT2D eigenvalue weighted by atomic mass is 9.89. The number of benzene rings is 1. The van der Waals surface area contributed by atoms with E-state index in [-0.39, 0.29) is 12.0 Å². The normalized spacial score (nSPS) is 13.1. The van der Waals surface area contributed by atoms with Crippen molar-refractivity contribution in [2.75, 3.05) is 0 Å². The molecule has 0 saturated carbocycles. The Morgan fingerprint density at radius 3 is 2.42 bits per heavy atom. The molecular weight excluding hydrogens is 261 g/mol. The van der Waals surface area contributed by atoms with Crippen molar-refractivity contribution in [1.29, 1.82) is 0 Å². The molecule has 104 valence electrons. The van der Waals surface area contributed by atoms with Crippen LogP contribution < -0.4 is 5.11 Å². The summed E-state index contributed by atoms with van der Waals surface area (Å²) in [7, 11) is 0. The minimum atomic E-state index is -4.49. The Morgan fingerprint density at radius 1 is 1.32 bits per heavy atom. The summed E-state index contributed by atoms with van der Waals surface area (Å²) in [6.45, 7) is 1.61. The molecule has 0 fully saturated rings. The van der Waals surface area contributed by atoms with E-state index in [1.54, 1.807) is 6.92 Å². The van der Waals surface area contributed by atoms with Crippen molar-refractivity contribution >= 4 is 11.8 Å². The first kappa shape index (κ1) is 15.2. The fourth-order valence-corrected chi connectivity index (χ4v) is 1.85. The summed E-state index contributed by atoms with van der Waals surface area (Å²) in [6.07, 6.45) is -5.06. The average Bonchev–Trinajstić information content (AvgIpc) is 2.28. The van der Waals surface area contributed by atoms with E-state index >= 15 is 0 Å². The van der Waals surface area contributed by atoms with Crippen molar-refractivity contribution in [1.82, 2.24) is 0 Å². The van der Waals surface area contributed by atoms with Gasteiger partial charge >= 0.3 is 6.18 Å². The summed E-state index contributed by atoms with van der Waals surface area (Å²) in [5, 5.41) is 10.4. The van der Waals surface area contributed by atoms with Crippen molar-refractivity contribution in [2.24, 2.45) is 0 Å². The maximum atomic E-state index is 12.6. The largest absolute Gasteiger partial charge is 0.550 e. The van der Waals surface area contributed by atoms with Crippen LogP contribution in [0.4, 0.5) is 13.2 Å². The Labute approximate surface area is 108 Å². The van der Waals surface area contributed by atoms with E-state index in [4.69, 9.17) is 0 Å². The zero-order valence-electron chi connectivity index (χ0n) is 10.2. The van der Waals surface area contributed by atoms with Gasteiger partial charge in [-0.2, -0.15) is 13.2 Å². The Kier molecular flexibility index (Phi) is 4.69. The molecule has 1 rings (SSSR count). The number of alkyl halides is 3. The van der Waals surface area contributed by atoms with Crippen molar-refractivity contribution in [3.05, 3.63) is 35.4 Å².